The normalized spacial score (nSPS) is 16.5. The maximum absolute atomic E-state index is 5.83. The molecule has 0 radical (unpaired) electrons. The molecule has 1 N–H and O–H groups in total. The predicted octanol–water partition coefficient (Wildman–Crippen LogP) is 3.46. The largest absolute Gasteiger partial charge is 0.376 e. The second-order valence-corrected chi connectivity index (χ2v) is 6.30. The van der Waals surface area contributed by atoms with Gasteiger partial charge in [-0.05, 0) is 45.1 Å². The summed E-state index contributed by atoms with van der Waals surface area (Å²) >= 11 is 0. The maximum atomic E-state index is 5.83. The Morgan fingerprint density at radius 3 is 2.06 bits per heavy atom. The number of ether oxygens (including phenoxy) is 1. The molecule has 0 aromatic rings. The summed E-state index contributed by atoms with van der Waals surface area (Å²) < 4.78 is 5.83. The lowest BCUT2D eigenvalue weighted by molar-refractivity contribution is -0.0223. The molecule has 2 heteroatoms. The van der Waals surface area contributed by atoms with Crippen LogP contribution in [0, 0.1) is 11.3 Å². The zero-order chi connectivity index (χ0) is 12.8. The highest BCUT2D eigenvalue weighted by molar-refractivity contribution is 4.80. The van der Waals surface area contributed by atoms with Gasteiger partial charge in [-0.3, -0.25) is 0 Å². The molecular weight excluding hydrogens is 198 g/mol. The van der Waals surface area contributed by atoms with E-state index in [9.17, 15) is 0 Å². The zero-order valence-corrected chi connectivity index (χ0v) is 12.3. The number of hydrogen-bond acceptors (Lipinski definition) is 2. The highest BCUT2D eigenvalue weighted by Gasteiger charge is 2.28. The summed E-state index contributed by atoms with van der Waals surface area (Å²) in [6.07, 6.45) is 1.12. The molecule has 0 saturated heterocycles. The molecule has 0 aromatic heterocycles. The first-order chi connectivity index (χ1) is 7.21. The molecule has 0 saturated carbocycles. The second-order valence-electron chi connectivity index (χ2n) is 6.30. The summed E-state index contributed by atoms with van der Waals surface area (Å²) in [4.78, 5) is 0. The molecule has 0 heterocycles. The summed E-state index contributed by atoms with van der Waals surface area (Å²) in [7, 11) is 0. The van der Waals surface area contributed by atoms with Gasteiger partial charge >= 0.3 is 0 Å². The topological polar surface area (TPSA) is 21.3 Å². The minimum Gasteiger partial charge on any atom is -0.376 e. The summed E-state index contributed by atoms with van der Waals surface area (Å²) in [6.45, 7) is 18.4. The molecule has 0 amide bonds. The van der Waals surface area contributed by atoms with E-state index >= 15 is 0 Å². The van der Waals surface area contributed by atoms with Crippen molar-refractivity contribution in [3.63, 3.8) is 0 Å². The molecule has 0 aliphatic rings. The Morgan fingerprint density at radius 2 is 1.69 bits per heavy atom. The van der Waals surface area contributed by atoms with Gasteiger partial charge in [0.15, 0.2) is 0 Å². The first-order valence-electron chi connectivity index (χ1n) is 6.56. The van der Waals surface area contributed by atoms with E-state index in [4.69, 9.17) is 4.74 Å². The van der Waals surface area contributed by atoms with E-state index in [1.165, 1.54) is 0 Å². The van der Waals surface area contributed by atoms with E-state index in [1.54, 1.807) is 0 Å². The van der Waals surface area contributed by atoms with Crippen LogP contribution in [-0.4, -0.2) is 25.3 Å². The Balaban J connectivity index is 4.12. The zero-order valence-electron chi connectivity index (χ0n) is 12.3. The van der Waals surface area contributed by atoms with Crippen LogP contribution in [0.4, 0.5) is 0 Å². The van der Waals surface area contributed by atoms with Crippen molar-refractivity contribution in [1.82, 2.24) is 5.32 Å². The third kappa shape index (κ3) is 6.49. The van der Waals surface area contributed by atoms with Gasteiger partial charge in [0.05, 0.1) is 5.60 Å². The first kappa shape index (κ1) is 15.9. The minimum absolute atomic E-state index is 0.0178. The van der Waals surface area contributed by atoms with Crippen LogP contribution in [0.5, 0.6) is 0 Å². The van der Waals surface area contributed by atoms with Crippen LogP contribution < -0.4 is 5.32 Å². The van der Waals surface area contributed by atoms with E-state index in [1.807, 2.05) is 0 Å². The minimum atomic E-state index is -0.0178. The summed E-state index contributed by atoms with van der Waals surface area (Å²) in [5, 5.41) is 3.46. The first-order valence-corrected chi connectivity index (χ1v) is 6.56. The molecule has 1 unspecified atom stereocenters. The average Bonchev–Trinajstić information content (AvgIpc) is 2.12. The molecule has 98 valence electrons. The van der Waals surface area contributed by atoms with Crippen molar-refractivity contribution in [3.05, 3.63) is 0 Å². The van der Waals surface area contributed by atoms with Crippen molar-refractivity contribution in [2.24, 2.45) is 11.3 Å². The summed E-state index contributed by atoms with van der Waals surface area (Å²) in [5.74, 6) is 0.676. The van der Waals surface area contributed by atoms with Crippen LogP contribution >= 0.6 is 0 Å². The predicted molar refractivity (Wildman–Crippen MR) is 71.8 cm³/mol. The van der Waals surface area contributed by atoms with Gasteiger partial charge in [0.1, 0.15) is 0 Å². The van der Waals surface area contributed by atoms with Gasteiger partial charge in [-0.2, -0.15) is 0 Å². The molecule has 16 heavy (non-hydrogen) atoms. The Labute approximate surface area is 102 Å². The highest BCUT2D eigenvalue weighted by atomic mass is 16.5. The molecule has 0 rings (SSSR count). The fourth-order valence-corrected chi connectivity index (χ4v) is 1.58. The Morgan fingerprint density at radius 1 is 1.12 bits per heavy atom. The van der Waals surface area contributed by atoms with Gasteiger partial charge in [-0.15, -0.1) is 0 Å². The van der Waals surface area contributed by atoms with Crippen molar-refractivity contribution in [2.75, 3.05) is 19.7 Å². The smallest absolute Gasteiger partial charge is 0.0598 e. The number of nitrogens with one attached hydrogen (secondary N) is 1. The molecular formula is C14H31NO. The van der Waals surface area contributed by atoms with E-state index in [0.717, 1.165) is 26.1 Å². The van der Waals surface area contributed by atoms with Crippen LogP contribution in [0.15, 0.2) is 0 Å². The van der Waals surface area contributed by atoms with Crippen molar-refractivity contribution in [1.29, 1.82) is 0 Å². The van der Waals surface area contributed by atoms with Gasteiger partial charge < -0.3 is 10.1 Å². The van der Waals surface area contributed by atoms with E-state index in [-0.39, 0.29) is 5.60 Å². The molecule has 0 bridgehead atoms. The lowest BCUT2D eigenvalue weighted by atomic mass is 9.76. The van der Waals surface area contributed by atoms with Gasteiger partial charge in [0, 0.05) is 13.2 Å². The van der Waals surface area contributed by atoms with Gasteiger partial charge in [-0.1, -0.05) is 27.7 Å². The second kappa shape index (κ2) is 6.61. The van der Waals surface area contributed by atoms with Crippen LogP contribution in [0.3, 0.4) is 0 Å². The summed E-state index contributed by atoms with van der Waals surface area (Å²) in [5.41, 5.74) is 0.317. The molecule has 0 fully saturated rings. The van der Waals surface area contributed by atoms with Crippen LogP contribution in [0.1, 0.15) is 54.9 Å². The Bertz CT molecular complexity index is 184. The quantitative estimate of drug-likeness (QED) is 0.722. The Kier molecular flexibility index (Phi) is 6.57. The van der Waals surface area contributed by atoms with Crippen LogP contribution in [0.2, 0.25) is 0 Å². The number of hydrogen-bond donors (Lipinski definition) is 1. The lowest BCUT2D eigenvalue weighted by Crippen LogP contribution is -2.37. The van der Waals surface area contributed by atoms with Crippen molar-refractivity contribution in [2.45, 2.75) is 60.5 Å². The van der Waals surface area contributed by atoms with Gasteiger partial charge in [0.2, 0.25) is 0 Å². The van der Waals surface area contributed by atoms with Gasteiger partial charge in [-0.25, -0.2) is 0 Å². The van der Waals surface area contributed by atoms with Crippen LogP contribution in [-0.2, 0) is 4.74 Å². The maximum Gasteiger partial charge on any atom is 0.0598 e. The summed E-state index contributed by atoms with van der Waals surface area (Å²) in [6, 6.07) is 0. The SMILES string of the molecule is CCNCC(C)(CCOC(C)(C)C)C(C)C. The van der Waals surface area contributed by atoms with Gasteiger partial charge in [0.25, 0.3) is 0 Å². The Hall–Kier alpha value is -0.0800. The lowest BCUT2D eigenvalue weighted by Gasteiger charge is -2.35. The van der Waals surface area contributed by atoms with E-state index in [2.05, 4.69) is 53.8 Å². The van der Waals surface area contributed by atoms with Crippen molar-refractivity contribution < 1.29 is 4.74 Å². The van der Waals surface area contributed by atoms with Crippen molar-refractivity contribution in [3.8, 4) is 0 Å². The molecule has 0 aliphatic heterocycles. The number of rotatable bonds is 7. The molecule has 0 aromatic carbocycles. The molecule has 0 aliphatic carbocycles. The molecule has 0 spiro atoms. The molecule has 2 nitrogen and oxygen atoms in total. The fourth-order valence-electron chi connectivity index (χ4n) is 1.58. The standard InChI is InChI=1S/C14H31NO/c1-8-15-11-14(7,12(2)3)9-10-16-13(4,5)6/h12,15H,8-11H2,1-7H3. The van der Waals surface area contributed by atoms with Crippen molar-refractivity contribution >= 4 is 0 Å². The fraction of sp³-hybridized carbons (Fsp3) is 1.00. The average molecular weight is 229 g/mol. The third-order valence-corrected chi connectivity index (χ3v) is 3.38. The van der Waals surface area contributed by atoms with E-state index < -0.39 is 0 Å². The third-order valence-electron chi connectivity index (χ3n) is 3.38. The van der Waals surface area contributed by atoms with E-state index in [0.29, 0.717) is 11.3 Å². The monoisotopic (exact) mass is 229 g/mol. The highest BCUT2D eigenvalue weighted by Crippen LogP contribution is 2.30. The van der Waals surface area contributed by atoms with Crippen LogP contribution in [0.25, 0.3) is 0 Å². The molecule has 1 atom stereocenters.